The molecule has 0 aromatic heterocycles. The normalized spacial score (nSPS) is 37.5. The van der Waals surface area contributed by atoms with Crippen LogP contribution in [-0.2, 0) is 9.59 Å². The van der Waals surface area contributed by atoms with Gasteiger partial charge in [-0.1, -0.05) is 33.1 Å². The minimum atomic E-state index is -0.248. The topological polar surface area (TPSA) is 49.4 Å². The molecular weight excluding hydrogens is 264 g/mol. The highest BCUT2D eigenvalue weighted by Crippen LogP contribution is 2.37. The Bertz CT molecular complexity index is 419. The van der Waals surface area contributed by atoms with Gasteiger partial charge in [-0.3, -0.25) is 9.59 Å². The zero-order valence-electron chi connectivity index (χ0n) is 13.3. The van der Waals surface area contributed by atoms with Crippen LogP contribution in [0.5, 0.6) is 0 Å². The summed E-state index contributed by atoms with van der Waals surface area (Å²) in [5, 5.41) is 2.98. The van der Waals surface area contributed by atoms with Crippen LogP contribution >= 0.6 is 0 Å². The Labute approximate surface area is 127 Å². The van der Waals surface area contributed by atoms with E-state index in [1.165, 1.54) is 25.7 Å². The Balaban J connectivity index is 1.74. The highest BCUT2D eigenvalue weighted by atomic mass is 16.2. The number of rotatable bonds is 4. The molecule has 4 atom stereocenters. The van der Waals surface area contributed by atoms with Crippen molar-refractivity contribution in [2.24, 2.45) is 17.8 Å². The molecule has 2 saturated carbocycles. The van der Waals surface area contributed by atoms with Crippen molar-refractivity contribution in [2.45, 2.75) is 70.9 Å². The van der Waals surface area contributed by atoms with Crippen LogP contribution < -0.4 is 5.32 Å². The van der Waals surface area contributed by atoms with Gasteiger partial charge in [-0.25, -0.2) is 0 Å². The molecule has 3 rings (SSSR count). The van der Waals surface area contributed by atoms with Crippen molar-refractivity contribution in [2.75, 3.05) is 6.54 Å². The van der Waals surface area contributed by atoms with E-state index in [4.69, 9.17) is 0 Å². The zero-order valence-corrected chi connectivity index (χ0v) is 13.3. The summed E-state index contributed by atoms with van der Waals surface area (Å²) >= 11 is 0. The molecule has 4 nitrogen and oxygen atoms in total. The van der Waals surface area contributed by atoms with Crippen LogP contribution in [-0.4, -0.2) is 35.3 Å². The summed E-state index contributed by atoms with van der Waals surface area (Å²) in [5.41, 5.74) is 0. The molecule has 118 valence electrons. The van der Waals surface area contributed by atoms with Crippen molar-refractivity contribution >= 4 is 11.8 Å². The van der Waals surface area contributed by atoms with Gasteiger partial charge in [0, 0.05) is 6.54 Å². The Morgan fingerprint density at radius 3 is 2.48 bits per heavy atom. The van der Waals surface area contributed by atoms with E-state index in [0.29, 0.717) is 17.8 Å². The molecule has 1 heterocycles. The number of carbonyl (C=O) groups is 2. The lowest BCUT2D eigenvalue weighted by Crippen LogP contribution is -2.64. The molecule has 0 radical (unpaired) electrons. The molecule has 0 aromatic carbocycles. The van der Waals surface area contributed by atoms with Crippen molar-refractivity contribution in [1.29, 1.82) is 0 Å². The summed E-state index contributed by atoms with van der Waals surface area (Å²) in [6.07, 6.45) is 7.94. The summed E-state index contributed by atoms with van der Waals surface area (Å²) in [6, 6.07) is -0.485. The Hall–Kier alpha value is -1.06. The fourth-order valence-corrected chi connectivity index (χ4v) is 4.07. The summed E-state index contributed by atoms with van der Waals surface area (Å²) in [4.78, 5) is 27.1. The van der Waals surface area contributed by atoms with Gasteiger partial charge < -0.3 is 10.2 Å². The zero-order chi connectivity index (χ0) is 15.0. The second-order valence-corrected chi connectivity index (χ2v) is 7.26. The molecule has 3 aliphatic rings. The maximum Gasteiger partial charge on any atom is 0.246 e. The predicted molar refractivity (Wildman–Crippen MR) is 81.6 cm³/mol. The van der Waals surface area contributed by atoms with E-state index in [1.807, 2.05) is 11.8 Å². The maximum absolute atomic E-state index is 12.8. The summed E-state index contributed by atoms with van der Waals surface area (Å²) in [5.74, 6) is 1.89. The average molecular weight is 292 g/mol. The summed E-state index contributed by atoms with van der Waals surface area (Å²) in [6.45, 7) is 5.10. The van der Waals surface area contributed by atoms with E-state index < -0.39 is 0 Å². The lowest BCUT2D eigenvalue weighted by Gasteiger charge is -2.42. The third-order valence-corrected chi connectivity index (χ3v) is 5.73. The van der Waals surface area contributed by atoms with Crippen molar-refractivity contribution in [3.05, 3.63) is 0 Å². The van der Waals surface area contributed by atoms with E-state index in [2.05, 4.69) is 12.2 Å². The molecule has 4 unspecified atom stereocenters. The van der Waals surface area contributed by atoms with Crippen LogP contribution in [0.3, 0.4) is 0 Å². The van der Waals surface area contributed by atoms with Crippen molar-refractivity contribution in [1.82, 2.24) is 10.2 Å². The molecule has 1 saturated heterocycles. The van der Waals surface area contributed by atoms with Gasteiger partial charge in [0.25, 0.3) is 0 Å². The molecule has 21 heavy (non-hydrogen) atoms. The van der Waals surface area contributed by atoms with Crippen molar-refractivity contribution < 1.29 is 9.59 Å². The first-order chi connectivity index (χ1) is 10.1. The lowest BCUT2D eigenvalue weighted by molar-refractivity contribution is -0.151. The summed E-state index contributed by atoms with van der Waals surface area (Å²) in [7, 11) is 0. The first kappa shape index (κ1) is 14.9. The predicted octanol–water partition coefficient (Wildman–Crippen LogP) is 2.33. The highest BCUT2D eigenvalue weighted by molar-refractivity contribution is 5.97. The number of hydrogen-bond acceptors (Lipinski definition) is 2. The Morgan fingerprint density at radius 2 is 1.86 bits per heavy atom. The third-order valence-electron chi connectivity index (χ3n) is 5.73. The molecule has 3 fully saturated rings. The number of piperazine rings is 1. The molecule has 4 heteroatoms. The maximum atomic E-state index is 12.8. The number of hydrogen-bond donors (Lipinski definition) is 1. The van der Waals surface area contributed by atoms with Gasteiger partial charge in [0.15, 0.2) is 0 Å². The Kier molecular flexibility index (Phi) is 4.23. The quantitative estimate of drug-likeness (QED) is 0.864. The smallest absolute Gasteiger partial charge is 0.246 e. The fraction of sp³-hybridized carbons (Fsp3) is 0.882. The molecule has 1 N–H and O–H groups in total. The van der Waals surface area contributed by atoms with Gasteiger partial charge >= 0.3 is 0 Å². The van der Waals surface area contributed by atoms with E-state index in [9.17, 15) is 9.59 Å². The number of carbonyl (C=O) groups excluding carboxylic acids is 2. The third kappa shape index (κ3) is 2.95. The second-order valence-electron chi connectivity index (χ2n) is 7.26. The standard InChI is InChI=1S/C17H28N2O2/c1-3-14-16(20)18-15(12-8-9-12)17(21)19(14)10-13-7-5-4-6-11(13)2/h11-15H,3-10H2,1-2H3,(H,18,20). The molecule has 0 aromatic rings. The monoisotopic (exact) mass is 292 g/mol. The molecular formula is C17H28N2O2. The van der Waals surface area contributed by atoms with Crippen LogP contribution in [0.25, 0.3) is 0 Å². The lowest BCUT2D eigenvalue weighted by atomic mass is 9.79. The number of nitrogens with one attached hydrogen (secondary N) is 1. The van der Waals surface area contributed by atoms with Crippen LogP contribution in [0, 0.1) is 17.8 Å². The molecule has 1 aliphatic heterocycles. The van der Waals surface area contributed by atoms with Gasteiger partial charge in [-0.15, -0.1) is 0 Å². The minimum absolute atomic E-state index is 0.0671. The molecule has 2 aliphatic carbocycles. The van der Waals surface area contributed by atoms with E-state index in [0.717, 1.165) is 25.8 Å². The first-order valence-corrected chi connectivity index (χ1v) is 8.72. The van der Waals surface area contributed by atoms with Gasteiger partial charge in [0.2, 0.25) is 11.8 Å². The average Bonchev–Trinajstić information content (AvgIpc) is 3.29. The van der Waals surface area contributed by atoms with Gasteiger partial charge in [-0.05, 0) is 43.4 Å². The molecule has 0 bridgehead atoms. The SMILES string of the molecule is CCC1C(=O)NC(C2CC2)C(=O)N1CC1CCCCC1C. The number of amides is 2. The van der Waals surface area contributed by atoms with Crippen LogP contribution in [0.2, 0.25) is 0 Å². The van der Waals surface area contributed by atoms with E-state index in [-0.39, 0.29) is 23.9 Å². The van der Waals surface area contributed by atoms with Gasteiger partial charge in [0.05, 0.1) is 0 Å². The first-order valence-electron chi connectivity index (χ1n) is 8.72. The van der Waals surface area contributed by atoms with Crippen LogP contribution in [0.15, 0.2) is 0 Å². The Morgan fingerprint density at radius 1 is 1.14 bits per heavy atom. The highest BCUT2D eigenvalue weighted by Gasteiger charge is 2.46. The second kappa shape index (κ2) is 5.98. The summed E-state index contributed by atoms with van der Waals surface area (Å²) < 4.78 is 0. The molecule has 0 spiro atoms. The van der Waals surface area contributed by atoms with Crippen molar-refractivity contribution in [3.63, 3.8) is 0 Å². The largest absolute Gasteiger partial charge is 0.342 e. The van der Waals surface area contributed by atoms with Crippen LogP contribution in [0.1, 0.15) is 58.8 Å². The van der Waals surface area contributed by atoms with Gasteiger partial charge in [0.1, 0.15) is 12.1 Å². The fourth-order valence-electron chi connectivity index (χ4n) is 4.07. The van der Waals surface area contributed by atoms with E-state index in [1.54, 1.807) is 0 Å². The number of nitrogens with zero attached hydrogens (tertiary/aromatic N) is 1. The van der Waals surface area contributed by atoms with Crippen LogP contribution in [0.4, 0.5) is 0 Å². The van der Waals surface area contributed by atoms with E-state index >= 15 is 0 Å². The van der Waals surface area contributed by atoms with Gasteiger partial charge in [-0.2, -0.15) is 0 Å². The van der Waals surface area contributed by atoms with Crippen molar-refractivity contribution in [3.8, 4) is 0 Å². The molecule has 2 amide bonds. The minimum Gasteiger partial charge on any atom is -0.342 e.